The van der Waals surface area contributed by atoms with Gasteiger partial charge in [-0.2, -0.15) is 0 Å². The smallest absolute Gasteiger partial charge is 0.103 e. The van der Waals surface area contributed by atoms with Crippen LogP contribution in [0, 0.1) is 5.92 Å². The maximum atomic E-state index is 5.84. The summed E-state index contributed by atoms with van der Waals surface area (Å²) in [7, 11) is 0. The third-order valence-electron chi connectivity index (χ3n) is 3.42. The van der Waals surface area contributed by atoms with Crippen LogP contribution in [0.5, 0.6) is 0 Å². The number of H-pyrrole nitrogens is 1. The summed E-state index contributed by atoms with van der Waals surface area (Å²) in [6.45, 7) is 4.42. The molecule has 1 unspecified atom stereocenters. The van der Waals surface area contributed by atoms with E-state index in [-0.39, 0.29) is 0 Å². The fourth-order valence-electron chi connectivity index (χ4n) is 2.74. The summed E-state index contributed by atoms with van der Waals surface area (Å²) in [5.41, 5.74) is 10.8. The fourth-order valence-corrected chi connectivity index (χ4v) is 2.74. The van der Waals surface area contributed by atoms with Crippen molar-refractivity contribution < 1.29 is 0 Å². The standard InChI is InChI=1S/C12H16N4/c1-6(2)10-11-7(4-9(13)16-11)3-8-12(10)15-5-14-8/h5-6,10H,3-4H2,1-2H3,(H2,13,16)(H,14,15). The summed E-state index contributed by atoms with van der Waals surface area (Å²) < 4.78 is 0. The molecule has 0 saturated heterocycles. The molecule has 4 nitrogen and oxygen atoms in total. The Labute approximate surface area is 94.7 Å². The van der Waals surface area contributed by atoms with Crippen LogP contribution >= 0.6 is 0 Å². The largest absolute Gasteiger partial charge is 0.387 e. The molecule has 0 spiro atoms. The molecule has 2 aliphatic rings. The van der Waals surface area contributed by atoms with Crippen LogP contribution in [0.25, 0.3) is 0 Å². The van der Waals surface area contributed by atoms with Crippen molar-refractivity contribution in [3.8, 4) is 0 Å². The van der Waals surface area contributed by atoms with Crippen molar-refractivity contribution in [1.29, 1.82) is 0 Å². The minimum atomic E-state index is 0.311. The van der Waals surface area contributed by atoms with E-state index in [1.54, 1.807) is 6.33 Å². The lowest BCUT2D eigenvalue weighted by Gasteiger charge is -2.25. The van der Waals surface area contributed by atoms with Gasteiger partial charge in [0, 0.05) is 24.5 Å². The monoisotopic (exact) mass is 216 g/mol. The van der Waals surface area contributed by atoms with Crippen molar-refractivity contribution in [3.05, 3.63) is 29.0 Å². The van der Waals surface area contributed by atoms with E-state index in [9.17, 15) is 0 Å². The van der Waals surface area contributed by atoms with Gasteiger partial charge in [0.05, 0.1) is 17.7 Å². The van der Waals surface area contributed by atoms with E-state index in [4.69, 9.17) is 5.73 Å². The first-order valence-electron chi connectivity index (χ1n) is 5.74. The zero-order valence-electron chi connectivity index (χ0n) is 9.62. The van der Waals surface area contributed by atoms with Gasteiger partial charge < -0.3 is 10.7 Å². The molecule has 3 rings (SSSR count). The van der Waals surface area contributed by atoms with Gasteiger partial charge in [0.25, 0.3) is 0 Å². The van der Waals surface area contributed by atoms with E-state index < -0.39 is 0 Å². The third-order valence-corrected chi connectivity index (χ3v) is 3.42. The van der Waals surface area contributed by atoms with Gasteiger partial charge >= 0.3 is 0 Å². The van der Waals surface area contributed by atoms with E-state index in [1.165, 1.54) is 17.0 Å². The van der Waals surface area contributed by atoms with Crippen molar-refractivity contribution in [3.63, 3.8) is 0 Å². The first-order chi connectivity index (χ1) is 7.66. The molecule has 0 fully saturated rings. The average Bonchev–Trinajstić information content (AvgIpc) is 2.77. The summed E-state index contributed by atoms with van der Waals surface area (Å²) in [5, 5.41) is 0. The molecule has 1 aromatic rings. The highest BCUT2D eigenvalue weighted by atomic mass is 15.0. The van der Waals surface area contributed by atoms with Crippen molar-refractivity contribution >= 4 is 5.84 Å². The minimum absolute atomic E-state index is 0.311. The van der Waals surface area contributed by atoms with Gasteiger partial charge in [0.15, 0.2) is 0 Å². The lowest BCUT2D eigenvalue weighted by Crippen LogP contribution is -2.17. The maximum absolute atomic E-state index is 5.84. The molecular weight excluding hydrogens is 200 g/mol. The molecule has 1 aliphatic heterocycles. The van der Waals surface area contributed by atoms with E-state index in [0.29, 0.717) is 11.8 Å². The third kappa shape index (κ3) is 1.22. The Balaban J connectivity index is 2.11. The Morgan fingerprint density at radius 1 is 1.44 bits per heavy atom. The fraction of sp³-hybridized carbons (Fsp3) is 0.500. The molecule has 0 bridgehead atoms. The van der Waals surface area contributed by atoms with Crippen molar-refractivity contribution in [1.82, 2.24) is 9.97 Å². The number of imidazole rings is 1. The summed E-state index contributed by atoms with van der Waals surface area (Å²) in [6.07, 6.45) is 3.55. The highest BCUT2D eigenvalue weighted by Gasteiger charge is 2.34. The van der Waals surface area contributed by atoms with Crippen LogP contribution in [0.3, 0.4) is 0 Å². The topological polar surface area (TPSA) is 67.1 Å². The SMILES string of the molecule is CC(C)C1C2=C(CC(N)=N2)Cc2[nH]cnc21. The van der Waals surface area contributed by atoms with Gasteiger partial charge in [-0.25, -0.2) is 9.98 Å². The average molecular weight is 216 g/mol. The zero-order chi connectivity index (χ0) is 11.3. The van der Waals surface area contributed by atoms with E-state index in [0.717, 1.165) is 24.4 Å². The maximum Gasteiger partial charge on any atom is 0.103 e. The predicted octanol–water partition coefficient (Wildman–Crippen LogP) is 1.72. The number of hydrogen-bond donors (Lipinski definition) is 2. The quantitative estimate of drug-likeness (QED) is 0.750. The van der Waals surface area contributed by atoms with Gasteiger partial charge in [-0.3, -0.25) is 0 Å². The predicted molar refractivity (Wildman–Crippen MR) is 63.1 cm³/mol. The Kier molecular flexibility index (Phi) is 1.93. The molecule has 1 aliphatic carbocycles. The summed E-state index contributed by atoms with van der Waals surface area (Å²) in [6, 6.07) is 0. The van der Waals surface area contributed by atoms with Gasteiger partial charge in [0.1, 0.15) is 5.84 Å². The molecule has 0 radical (unpaired) electrons. The summed E-state index contributed by atoms with van der Waals surface area (Å²) in [4.78, 5) is 12.2. The van der Waals surface area contributed by atoms with Gasteiger partial charge in [-0.05, 0) is 11.5 Å². The van der Waals surface area contributed by atoms with E-state index in [2.05, 4.69) is 28.8 Å². The molecule has 0 amide bonds. The van der Waals surface area contributed by atoms with Crippen LogP contribution in [-0.4, -0.2) is 15.8 Å². The summed E-state index contributed by atoms with van der Waals surface area (Å²) >= 11 is 0. The molecule has 4 heteroatoms. The van der Waals surface area contributed by atoms with E-state index in [1.807, 2.05) is 0 Å². The molecule has 0 aromatic carbocycles. The highest BCUT2D eigenvalue weighted by molar-refractivity contribution is 5.87. The molecule has 1 aromatic heterocycles. The molecule has 16 heavy (non-hydrogen) atoms. The number of nitrogens with one attached hydrogen (secondary N) is 1. The van der Waals surface area contributed by atoms with Crippen molar-refractivity contribution in [2.45, 2.75) is 32.6 Å². The molecule has 0 saturated carbocycles. The number of nitrogens with zero attached hydrogens (tertiary/aromatic N) is 2. The number of fused-ring (bicyclic) bond motifs is 1. The lowest BCUT2D eigenvalue weighted by molar-refractivity contribution is 0.527. The normalized spacial score (nSPS) is 23.4. The number of nitrogens with two attached hydrogens (primary N) is 1. The molecular formula is C12H16N4. The van der Waals surface area contributed by atoms with Gasteiger partial charge in [-0.1, -0.05) is 13.8 Å². The van der Waals surface area contributed by atoms with Crippen LogP contribution < -0.4 is 5.73 Å². The Morgan fingerprint density at radius 3 is 3.00 bits per heavy atom. The number of rotatable bonds is 1. The van der Waals surface area contributed by atoms with E-state index >= 15 is 0 Å². The minimum Gasteiger partial charge on any atom is -0.387 e. The highest BCUT2D eigenvalue weighted by Crippen LogP contribution is 2.42. The van der Waals surface area contributed by atoms with Crippen molar-refractivity contribution in [2.24, 2.45) is 16.6 Å². The number of allylic oxidation sites excluding steroid dienone is 1. The second-order valence-corrected chi connectivity index (χ2v) is 4.93. The number of aromatic amines is 1. The lowest BCUT2D eigenvalue weighted by atomic mass is 9.81. The first-order valence-corrected chi connectivity index (χ1v) is 5.74. The second-order valence-electron chi connectivity index (χ2n) is 4.93. The number of hydrogen-bond acceptors (Lipinski definition) is 3. The van der Waals surface area contributed by atoms with Crippen molar-refractivity contribution in [2.75, 3.05) is 0 Å². The van der Waals surface area contributed by atoms with Crippen LogP contribution in [-0.2, 0) is 6.42 Å². The molecule has 84 valence electrons. The van der Waals surface area contributed by atoms with Crippen LogP contribution in [0.1, 0.15) is 37.6 Å². The number of amidine groups is 1. The second kappa shape index (κ2) is 3.20. The van der Waals surface area contributed by atoms with Crippen LogP contribution in [0.4, 0.5) is 0 Å². The van der Waals surface area contributed by atoms with Crippen LogP contribution in [0.2, 0.25) is 0 Å². The Morgan fingerprint density at radius 2 is 2.25 bits per heavy atom. The molecule has 3 N–H and O–H groups in total. The Hall–Kier alpha value is -1.58. The van der Waals surface area contributed by atoms with Gasteiger partial charge in [0.2, 0.25) is 0 Å². The van der Waals surface area contributed by atoms with Crippen LogP contribution in [0.15, 0.2) is 22.6 Å². The Bertz CT molecular complexity index is 493. The number of aromatic nitrogens is 2. The molecule has 1 atom stereocenters. The molecule has 2 heterocycles. The first kappa shape index (κ1) is 9.63. The zero-order valence-corrected chi connectivity index (χ0v) is 9.62. The summed E-state index contributed by atoms with van der Waals surface area (Å²) in [5.74, 6) is 1.56. The van der Waals surface area contributed by atoms with Gasteiger partial charge in [-0.15, -0.1) is 0 Å². The number of aliphatic imine (C=N–C) groups is 1.